The Bertz CT molecular complexity index is 651. The monoisotopic (exact) mass is 387 g/mol. The van der Waals surface area contributed by atoms with Gasteiger partial charge in [-0.25, -0.2) is 4.79 Å². The van der Waals surface area contributed by atoms with Crippen molar-refractivity contribution in [1.82, 2.24) is 15.1 Å². The number of thioether (sulfide) groups is 2. The van der Waals surface area contributed by atoms with Gasteiger partial charge in [0.25, 0.3) is 0 Å². The first-order chi connectivity index (χ1) is 11.7. The molecule has 3 heterocycles. The molecule has 25 heavy (non-hydrogen) atoms. The molecule has 3 rings (SSSR count). The van der Waals surface area contributed by atoms with Gasteiger partial charge in [0.15, 0.2) is 5.70 Å². The van der Waals surface area contributed by atoms with E-state index < -0.39 is 18.0 Å². The number of carboxylic acid groups (broad SMARTS) is 1. The third kappa shape index (κ3) is 3.16. The van der Waals surface area contributed by atoms with E-state index in [9.17, 15) is 24.6 Å². The number of aliphatic hydroxyl groups excluding tert-OH is 1. The van der Waals surface area contributed by atoms with Crippen molar-refractivity contribution in [2.24, 2.45) is 5.92 Å². The summed E-state index contributed by atoms with van der Waals surface area (Å²) in [6.45, 7) is 2.15. The van der Waals surface area contributed by atoms with Crippen LogP contribution in [0.1, 0.15) is 13.3 Å². The van der Waals surface area contributed by atoms with Crippen molar-refractivity contribution in [3.05, 3.63) is 9.93 Å². The number of aliphatic carboxylic acids is 1. The highest BCUT2D eigenvalue weighted by molar-refractivity contribution is 8.23. The van der Waals surface area contributed by atoms with E-state index in [-0.39, 0.29) is 34.2 Å². The summed E-state index contributed by atoms with van der Waals surface area (Å²) in [7, 11) is 3.41. The topological polar surface area (TPSA) is 110 Å². The van der Waals surface area contributed by atoms with Crippen molar-refractivity contribution < 1.29 is 24.6 Å². The van der Waals surface area contributed by atoms with Crippen LogP contribution in [0.5, 0.6) is 0 Å². The number of β-lactam (4-membered cyclic amide) rings is 1. The van der Waals surface area contributed by atoms with Crippen LogP contribution in [0, 0.1) is 5.92 Å². The number of fused-ring (bicyclic) bond motifs is 1. The number of carbonyl (C=O) groups excluding carboxylic acids is 2. The van der Waals surface area contributed by atoms with Gasteiger partial charge in [0.1, 0.15) is 5.37 Å². The molecule has 3 aliphatic heterocycles. The molecule has 0 aromatic heterocycles. The van der Waals surface area contributed by atoms with Crippen LogP contribution in [-0.4, -0.2) is 81.2 Å². The van der Waals surface area contributed by atoms with Crippen molar-refractivity contribution in [2.75, 3.05) is 20.6 Å². The molecule has 0 aliphatic carbocycles. The lowest BCUT2D eigenvalue weighted by Crippen LogP contribution is -2.60. The SMILES string of the molecule is C[C@@H](O)[C@H]1C(=O)N2C(C(=O)O)=C(S[C@@H]3CN[C@H](C(=O)N(C)C)C3)S[C@H]12. The van der Waals surface area contributed by atoms with Gasteiger partial charge in [-0.3, -0.25) is 14.5 Å². The Hall–Kier alpha value is -1.23. The Morgan fingerprint density at radius 2 is 2.12 bits per heavy atom. The highest BCUT2D eigenvalue weighted by Crippen LogP contribution is 2.54. The quantitative estimate of drug-likeness (QED) is 0.552. The van der Waals surface area contributed by atoms with Gasteiger partial charge >= 0.3 is 5.97 Å². The normalized spacial score (nSPS) is 32.5. The maximum absolute atomic E-state index is 12.2. The number of aliphatic hydroxyl groups is 1. The third-order valence-electron chi connectivity index (χ3n) is 4.57. The zero-order valence-corrected chi connectivity index (χ0v) is 15.8. The van der Waals surface area contributed by atoms with Crippen LogP contribution < -0.4 is 5.32 Å². The minimum atomic E-state index is -1.14. The van der Waals surface area contributed by atoms with Crippen molar-refractivity contribution >= 4 is 41.3 Å². The standard InChI is InChI=1S/C15H21N3O5S2/c1-6(19)9-12(21)18-10(14(22)23)15(25-13(9)18)24-7-4-8(16-5-7)11(20)17(2)3/h6-9,13,16,19H,4-5H2,1-3H3,(H,22,23)/t6-,7+,8+,9+,13-/m1/s1. The van der Waals surface area contributed by atoms with Crippen LogP contribution in [0.25, 0.3) is 0 Å². The number of nitrogens with zero attached hydrogens (tertiary/aromatic N) is 2. The predicted octanol–water partition coefficient (Wildman–Crippen LogP) is -0.296. The lowest BCUT2D eigenvalue weighted by atomic mass is 9.92. The molecular weight excluding hydrogens is 366 g/mol. The predicted molar refractivity (Wildman–Crippen MR) is 94.5 cm³/mol. The maximum Gasteiger partial charge on any atom is 0.354 e. The van der Waals surface area contributed by atoms with Gasteiger partial charge < -0.3 is 20.4 Å². The summed E-state index contributed by atoms with van der Waals surface area (Å²) < 4.78 is 0.582. The van der Waals surface area contributed by atoms with Crippen LogP contribution in [0.3, 0.4) is 0 Å². The largest absolute Gasteiger partial charge is 0.477 e. The second-order valence-corrected chi connectivity index (χ2v) is 9.29. The summed E-state index contributed by atoms with van der Waals surface area (Å²) in [4.78, 5) is 38.7. The van der Waals surface area contributed by atoms with Gasteiger partial charge in [-0.1, -0.05) is 11.8 Å². The van der Waals surface area contributed by atoms with Gasteiger partial charge in [-0.05, 0) is 13.3 Å². The van der Waals surface area contributed by atoms with E-state index in [1.54, 1.807) is 21.0 Å². The second kappa shape index (κ2) is 6.82. The van der Waals surface area contributed by atoms with Crippen LogP contribution >= 0.6 is 23.5 Å². The van der Waals surface area contributed by atoms with Crippen molar-refractivity contribution in [2.45, 2.75) is 36.1 Å². The summed E-state index contributed by atoms with van der Waals surface area (Å²) in [5.74, 6) is -2.04. The summed E-state index contributed by atoms with van der Waals surface area (Å²) in [6.07, 6.45) is -0.201. The van der Waals surface area contributed by atoms with E-state index in [1.165, 1.54) is 33.3 Å². The van der Waals surface area contributed by atoms with Crippen LogP contribution in [0.4, 0.5) is 0 Å². The van der Waals surface area contributed by atoms with Crippen molar-refractivity contribution in [3.8, 4) is 0 Å². The Balaban J connectivity index is 1.71. The Morgan fingerprint density at radius 1 is 1.44 bits per heavy atom. The molecule has 3 N–H and O–H groups in total. The first-order valence-corrected chi connectivity index (χ1v) is 9.74. The molecule has 2 saturated heterocycles. The van der Waals surface area contributed by atoms with E-state index in [1.807, 2.05) is 0 Å². The fourth-order valence-electron chi connectivity index (χ4n) is 3.28. The third-order valence-corrected chi connectivity index (χ3v) is 7.40. The van der Waals surface area contributed by atoms with Crippen LogP contribution in [-0.2, 0) is 14.4 Å². The Morgan fingerprint density at radius 3 is 2.68 bits per heavy atom. The molecule has 138 valence electrons. The first kappa shape index (κ1) is 18.6. The van der Waals surface area contributed by atoms with Crippen molar-refractivity contribution in [3.63, 3.8) is 0 Å². The number of likely N-dealkylation sites (N-methyl/N-ethyl adjacent to an activating group) is 1. The fourth-order valence-corrected chi connectivity index (χ4v) is 6.59. The number of carbonyl (C=O) groups is 3. The zero-order valence-electron chi connectivity index (χ0n) is 14.1. The van der Waals surface area contributed by atoms with Gasteiger partial charge in [0, 0.05) is 25.9 Å². The lowest BCUT2D eigenvalue weighted by Gasteiger charge is -2.43. The summed E-state index contributed by atoms with van der Waals surface area (Å²) >= 11 is 2.72. The molecule has 2 fully saturated rings. The van der Waals surface area contributed by atoms with E-state index in [2.05, 4.69) is 5.32 Å². The number of hydrogen-bond donors (Lipinski definition) is 3. The summed E-state index contributed by atoms with van der Waals surface area (Å²) in [5, 5.41) is 22.1. The molecule has 0 aromatic carbocycles. The number of rotatable bonds is 5. The van der Waals surface area contributed by atoms with E-state index in [0.717, 1.165) is 0 Å². The molecule has 0 spiro atoms. The smallest absolute Gasteiger partial charge is 0.354 e. The number of nitrogens with one attached hydrogen (secondary N) is 1. The molecule has 2 amide bonds. The van der Waals surface area contributed by atoms with Gasteiger partial charge in [0.2, 0.25) is 11.8 Å². The summed E-state index contributed by atoms with van der Waals surface area (Å²) in [5.41, 5.74) is 0.00397. The maximum atomic E-state index is 12.2. The van der Waals surface area contributed by atoms with Gasteiger partial charge in [0.05, 0.1) is 22.3 Å². The van der Waals surface area contributed by atoms with E-state index in [4.69, 9.17) is 0 Å². The number of hydrogen-bond acceptors (Lipinski definition) is 7. The lowest BCUT2D eigenvalue weighted by molar-refractivity contribution is -0.156. The van der Waals surface area contributed by atoms with E-state index in [0.29, 0.717) is 17.2 Å². The molecule has 0 radical (unpaired) electrons. The second-order valence-electron chi connectivity index (χ2n) is 6.59. The highest BCUT2D eigenvalue weighted by atomic mass is 32.2. The molecule has 10 heteroatoms. The first-order valence-electron chi connectivity index (χ1n) is 7.99. The molecule has 0 aromatic rings. The number of carboxylic acids is 1. The molecular formula is C15H21N3O5S2. The molecule has 0 unspecified atom stereocenters. The zero-order chi connectivity index (χ0) is 18.5. The molecule has 5 atom stereocenters. The minimum Gasteiger partial charge on any atom is -0.477 e. The van der Waals surface area contributed by atoms with Gasteiger partial charge in [-0.2, -0.15) is 0 Å². The van der Waals surface area contributed by atoms with E-state index >= 15 is 0 Å². The highest BCUT2D eigenvalue weighted by Gasteiger charge is 2.58. The fraction of sp³-hybridized carbons (Fsp3) is 0.667. The molecule has 3 aliphatic rings. The molecule has 8 nitrogen and oxygen atoms in total. The average Bonchev–Trinajstić information content (AvgIpc) is 3.09. The molecule has 0 bridgehead atoms. The number of amides is 2. The van der Waals surface area contributed by atoms with Crippen molar-refractivity contribution in [1.29, 1.82) is 0 Å². The van der Waals surface area contributed by atoms with Gasteiger partial charge in [-0.15, -0.1) is 11.8 Å². The van der Waals surface area contributed by atoms with Crippen LogP contribution in [0.15, 0.2) is 9.93 Å². The summed E-state index contributed by atoms with van der Waals surface area (Å²) in [6, 6.07) is -0.267. The van der Waals surface area contributed by atoms with Crippen LogP contribution in [0.2, 0.25) is 0 Å². The Labute approximate surface area is 154 Å². The average molecular weight is 387 g/mol. The Kier molecular flexibility index (Phi) is 5.06. The minimum absolute atomic E-state index is 0.00257. The molecule has 0 saturated carbocycles.